The van der Waals surface area contributed by atoms with Crippen LogP contribution in [0.5, 0.6) is 0 Å². The summed E-state index contributed by atoms with van der Waals surface area (Å²) < 4.78 is 0.854. The minimum Gasteiger partial charge on any atom is -0.386 e. The number of rotatable bonds is 2. The van der Waals surface area contributed by atoms with E-state index in [0.29, 0.717) is 24.7 Å². The number of β-amino-alcohol motifs (C(OH)–C–C–N with tert-alkyl or cyclic N) is 1. The summed E-state index contributed by atoms with van der Waals surface area (Å²) in [6, 6.07) is 3.49. The van der Waals surface area contributed by atoms with E-state index in [0.717, 1.165) is 17.3 Å². The molecule has 0 unspecified atom stereocenters. The molecular weight excluding hydrogens is 284 g/mol. The van der Waals surface area contributed by atoms with Gasteiger partial charge in [-0.25, -0.2) is 4.98 Å². The SMILES string of the molecule is O=C(c1ccc(Br)cn1)N1CC(O)(C2CC2)C1. The molecule has 1 amide bonds. The van der Waals surface area contributed by atoms with Crippen molar-refractivity contribution in [2.75, 3.05) is 13.1 Å². The van der Waals surface area contributed by atoms with E-state index in [2.05, 4.69) is 20.9 Å². The summed E-state index contributed by atoms with van der Waals surface area (Å²) in [4.78, 5) is 17.7. The molecule has 2 aliphatic rings. The lowest BCUT2D eigenvalue weighted by Crippen LogP contribution is -2.64. The lowest BCUT2D eigenvalue weighted by atomic mass is 9.88. The maximum atomic E-state index is 12.0. The van der Waals surface area contributed by atoms with Gasteiger partial charge in [0.05, 0.1) is 13.1 Å². The van der Waals surface area contributed by atoms with Crippen molar-refractivity contribution in [2.45, 2.75) is 18.4 Å². The van der Waals surface area contributed by atoms with Crippen LogP contribution in [-0.4, -0.2) is 39.6 Å². The fourth-order valence-electron chi connectivity index (χ4n) is 2.30. The molecule has 2 heterocycles. The van der Waals surface area contributed by atoms with Gasteiger partial charge < -0.3 is 10.0 Å². The van der Waals surface area contributed by atoms with Crippen LogP contribution in [0.3, 0.4) is 0 Å². The van der Waals surface area contributed by atoms with Crippen LogP contribution in [0.25, 0.3) is 0 Å². The molecule has 1 saturated carbocycles. The van der Waals surface area contributed by atoms with Crippen molar-refractivity contribution >= 4 is 21.8 Å². The summed E-state index contributed by atoms with van der Waals surface area (Å²) in [6.45, 7) is 0.905. The third kappa shape index (κ3) is 1.98. The summed E-state index contributed by atoms with van der Waals surface area (Å²) in [5, 5.41) is 10.1. The zero-order chi connectivity index (χ0) is 12.0. The number of hydrogen-bond acceptors (Lipinski definition) is 3. The summed E-state index contributed by atoms with van der Waals surface area (Å²) in [5.74, 6) is 0.312. The van der Waals surface area contributed by atoms with Gasteiger partial charge >= 0.3 is 0 Å². The van der Waals surface area contributed by atoms with Crippen LogP contribution in [0.4, 0.5) is 0 Å². The fourth-order valence-corrected chi connectivity index (χ4v) is 2.54. The van der Waals surface area contributed by atoms with Gasteiger partial charge in [-0.15, -0.1) is 0 Å². The number of halogens is 1. The minimum atomic E-state index is -0.620. The standard InChI is InChI=1S/C12H13BrN2O2/c13-9-3-4-10(14-5-9)11(16)15-6-12(17,7-15)8-1-2-8/h3-5,8,17H,1-2,6-7H2. The van der Waals surface area contributed by atoms with Gasteiger partial charge in [0.1, 0.15) is 11.3 Å². The summed E-state index contributed by atoms with van der Waals surface area (Å²) in [6.07, 6.45) is 3.80. The molecule has 1 N–H and O–H groups in total. The smallest absolute Gasteiger partial charge is 0.272 e. The van der Waals surface area contributed by atoms with Crippen LogP contribution >= 0.6 is 15.9 Å². The average Bonchev–Trinajstić information content (AvgIpc) is 3.09. The molecule has 0 atom stereocenters. The summed E-state index contributed by atoms with van der Waals surface area (Å²) in [5.41, 5.74) is -0.184. The molecule has 17 heavy (non-hydrogen) atoms. The Morgan fingerprint density at radius 3 is 2.71 bits per heavy atom. The Hall–Kier alpha value is -0.940. The highest BCUT2D eigenvalue weighted by molar-refractivity contribution is 9.10. The molecule has 4 nitrogen and oxygen atoms in total. The van der Waals surface area contributed by atoms with E-state index in [9.17, 15) is 9.90 Å². The van der Waals surface area contributed by atoms with Crippen molar-refractivity contribution in [3.63, 3.8) is 0 Å². The highest BCUT2D eigenvalue weighted by Gasteiger charge is 2.53. The van der Waals surface area contributed by atoms with E-state index >= 15 is 0 Å². The molecular formula is C12H13BrN2O2. The van der Waals surface area contributed by atoms with E-state index in [-0.39, 0.29) is 5.91 Å². The van der Waals surface area contributed by atoms with Gasteiger partial charge in [-0.1, -0.05) is 0 Å². The Balaban J connectivity index is 1.66. The Labute approximate surface area is 108 Å². The Morgan fingerprint density at radius 1 is 1.47 bits per heavy atom. The van der Waals surface area contributed by atoms with Gasteiger partial charge in [-0.05, 0) is 46.8 Å². The predicted octanol–water partition coefficient (Wildman–Crippen LogP) is 1.44. The van der Waals surface area contributed by atoms with Crippen molar-refractivity contribution in [1.82, 2.24) is 9.88 Å². The molecule has 0 bridgehead atoms. The van der Waals surface area contributed by atoms with E-state index in [1.807, 2.05) is 0 Å². The van der Waals surface area contributed by atoms with Crippen molar-refractivity contribution in [3.8, 4) is 0 Å². The maximum absolute atomic E-state index is 12.0. The maximum Gasteiger partial charge on any atom is 0.272 e. The summed E-state index contributed by atoms with van der Waals surface area (Å²) >= 11 is 3.28. The highest BCUT2D eigenvalue weighted by Crippen LogP contribution is 2.44. The molecule has 1 saturated heterocycles. The molecule has 90 valence electrons. The molecule has 0 spiro atoms. The first-order chi connectivity index (χ1) is 8.08. The third-order valence-corrected chi connectivity index (χ3v) is 3.97. The lowest BCUT2D eigenvalue weighted by molar-refractivity contribution is -0.0959. The van der Waals surface area contributed by atoms with E-state index in [4.69, 9.17) is 0 Å². The first-order valence-electron chi connectivity index (χ1n) is 5.72. The van der Waals surface area contributed by atoms with Gasteiger partial charge in [0.15, 0.2) is 0 Å². The first-order valence-corrected chi connectivity index (χ1v) is 6.51. The van der Waals surface area contributed by atoms with Crippen LogP contribution in [0.15, 0.2) is 22.8 Å². The molecule has 0 aromatic carbocycles. The number of carbonyl (C=O) groups excluding carboxylic acids is 1. The van der Waals surface area contributed by atoms with Crippen molar-refractivity contribution in [1.29, 1.82) is 0 Å². The predicted molar refractivity (Wildman–Crippen MR) is 65.5 cm³/mol. The van der Waals surface area contributed by atoms with Crippen molar-refractivity contribution in [2.24, 2.45) is 5.92 Å². The topological polar surface area (TPSA) is 53.4 Å². The highest BCUT2D eigenvalue weighted by atomic mass is 79.9. The molecule has 1 aliphatic heterocycles. The van der Waals surface area contributed by atoms with Crippen molar-refractivity contribution in [3.05, 3.63) is 28.5 Å². The molecule has 3 rings (SSSR count). The Bertz CT molecular complexity index is 450. The van der Waals surface area contributed by atoms with Crippen LogP contribution in [0, 0.1) is 5.92 Å². The molecule has 1 aliphatic carbocycles. The van der Waals surface area contributed by atoms with Gasteiger partial charge in [0.2, 0.25) is 0 Å². The van der Waals surface area contributed by atoms with Crippen LogP contribution in [0.2, 0.25) is 0 Å². The van der Waals surface area contributed by atoms with Crippen molar-refractivity contribution < 1.29 is 9.90 Å². The zero-order valence-corrected chi connectivity index (χ0v) is 10.9. The molecule has 5 heteroatoms. The number of nitrogens with zero attached hydrogens (tertiary/aromatic N) is 2. The Morgan fingerprint density at radius 2 is 2.18 bits per heavy atom. The van der Waals surface area contributed by atoms with Crippen LogP contribution in [0.1, 0.15) is 23.3 Å². The lowest BCUT2D eigenvalue weighted by Gasteiger charge is -2.46. The molecule has 0 radical (unpaired) electrons. The molecule has 1 aromatic rings. The van der Waals surface area contributed by atoms with E-state index in [1.165, 1.54) is 0 Å². The number of amides is 1. The van der Waals surface area contributed by atoms with Gasteiger partial charge in [0.25, 0.3) is 5.91 Å². The van der Waals surface area contributed by atoms with E-state index in [1.54, 1.807) is 23.2 Å². The largest absolute Gasteiger partial charge is 0.386 e. The fraction of sp³-hybridized carbons (Fsp3) is 0.500. The number of aromatic nitrogens is 1. The third-order valence-electron chi connectivity index (χ3n) is 3.50. The number of aliphatic hydroxyl groups is 1. The second kappa shape index (κ2) is 3.78. The average molecular weight is 297 g/mol. The Kier molecular flexibility index (Phi) is 2.48. The van der Waals surface area contributed by atoms with Gasteiger partial charge in [-0.3, -0.25) is 4.79 Å². The quantitative estimate of drug-likeness (QED) is 0.898. The second-order valence-electron chi connectivity index (χ2n) is 4.90. The number of pyridine rings is 1. The van der Waals surface area contributed by atoms with Gasteiger partial charge in [0, 0.05) is 10.7 Å². The zero-order valence-electron chi connectivity index (χ0n) is 9.27. The summed E-state index contributed by atoms with van der Waals surface area (Å²) in [7, 11) is 0. The van der Waals surface area contributed by atoms with Gasteiger partial charge in [-0.2, -0.15) is 0 Å². The van der Waals surface area contributed by atoms with Crippen LogP contribution in [-0.2, 0) is 0 Å². The van der Waals surface area contributed by atoms with E-state index < -0.39 is 5.60 Å². The minimum absolute atomic E-state index is 0.0946. The second-order valence-corrected chi connectivity index (χ2v) is 5.82. The number of hydrogen-bond donors (Lipinski definition) is 1. The first kappa shape index (κ1) is 11.2. The van der Waals surface area contributed by atoms with Crippen LogP contribution < -0.4 is 0 Å². The molecule has 1 aromatic heterocycles. The monoisotopic (exact) mass is 296 g/mol. The number of carbonyl (C=O) groups is 1. The molecule has 2 fully saturated rings. The number of likely N-dealkylation sites (tertiary alicyclic amines) is 1. The normalized spacial score (nSPS) is 22.1.